The quantitative estimate of drug-likeness (QED) is 0.175. The molecule has 0 saturated heterocycles. The smallest absolute Gasteiger partial charge is 0.481 e. The molecule has 0 aliphatic carbocycles. The molecule has 0 aliphatic heterocycles. The van der Waals surface area contributed by atoms with Crippen LogP contribution in [0.25, 0.3) is 11.2 Å². The summed E-state index contributed by atoms with van der Waals surface area (Å²) in [6.45, 7) is 0.231. The van der Waals surface area contributed by atoms with Crippen molar-refractivity contribution in [2.24, 2.45) is 0 Å². The largest absolute Gasteiger partial charge is 1.00 e. The summed E-state index contributed by atoms with van der Waals surface area (Å²) in [7, 11) is 0. The van der Waals surface area contributed by atoms with E-state index < -0.39 is 29.4 Å². The molecule has 1 atom stereocenters. The maximum Gasteiger partial charge on any atom is 1.00 e. The fraction of sp³-hybridized carbons (Fsp3) is 0.211. The molecule has 0 bridgehead atoms. The molecule has 166 valence electrons. The van der Waals surface area contributed by atoms with E-state index in [1.807, 2.05) is 0 Å². The molecule has 2 aromatic heterocycles. The molecule has 0 fully saturated rings. The van der Waals surface area contributed by atoms with E-state index in [4.69, 9.17) is 15.9 Å². The summed E-state index contributed by atoms with van der Waals surface area (Å²) in [6, 6.07) is 4.86. The van der Waals surface area contributed by atoms with E-state index in [-0.39, 0.29) is 71.6 Å². The van der Waals surface area contributed by atoms with E-state index in [2.05, 4.69) is 30.6 Å². The number of carboxylic acid groups (broad SMARTS) is 2. The number of H-pyrrole nitrogens is 1. The molecular formula is C19H19N7NaO6+. The minimum atomic E-state index is -1.31. The van der Waals surface area contributed by atoms with Gasteiger partial charge in [-0.3, -0.25) is 19.4 Å². The van der Waals surface area contributed by atoms with Gasteiger partial charge in [0, 0.05) is 17.7 Å². The number of amides is 1. The first-order chi connectivity index (χ1) is 15.2. The first-order valence-electron chi connectivity index (χ1n) is 9.33. The number of fused-ring (bicyclic) bond motifs is 1. The number of nitrogen functional groups attached to an aromatic ring is 1. The molecule has 0 spiro atoms. The minimum absolute atomic E-state index is 0. The monoisotopic (exact) mass is 464 g/mol. The van der Waals surface area contributed by atoms with Crippen LogP contribution < -0.4 is 51.5 Å². The second kappa shape index (κ2) is 11.4. The number of benzene rings is 1. The summed E-state index contributed by atoms with van der Waals surface area (Å²) in [6.07, 6.45) is 0.840. The number of nitrogens with one attached hydrogen (secondary N) is 3. The molecule has 1 amide bonds. The number of nitrogens with zero attached hydrogens (tertiary/aromatic N) is 3. The summed E-state index contributed by atoms with van der Waals surface area (Å²) in [4.78, 5) is 60.6. The number of hydrogen-bond acceptors (Lipinski definition) is 9. The first-order valence-corrected chi connectivity index (χ1v) is 9.33. The Balaban J connectivity index is 0.00000385. The van der Waals surface area contributed by atoms with Gasteiger partial charge in [0.1, 0.15) is 6.04 Å². The van der Waals surface area contributed by atoms with Crippen molar-refractivity contribution in [2.45, 2.75) is 25.4 Å². The number of anilines is 2. The molecule has 1 aromatic carbocycles. The van der Waals surface area contributed by atoms with Crippen LogP contribution in [0.4, 0.5) is 11.6 Å². The van der Waals surface area contributed by atoms with E-state index in [0.29, 0.717) is 11.4 Å². The Morgan fingerprint density at radius 2 is 1.82 bits per heavy atom. The second-order valence-electron chi connectivity index (χ2n) is 6.71. The molecule has 3 rings (SSSR count). The standard InChI is InChI=1S/C19H19N7O6.Na/c20-19-25-15-14(17(30)26-19)23-11(8-22-15)7-21-10-3-1-9(2-4-10)16(29)24-12(18(31)32)5-6-13(27)28;/h1-4,8,12,21H,5-7H2,(H,24,29)(H,27,28)(H,31,32)(H3,20,22,25,26,30);/q;+1/t12-;/m0./s1. The van der Waals surface area contributed by atoms with Crippen molar-refractivity contribution in [1.29, 1.82) is 0 Å². The molecule has 3 aromatic rings. The Morgan fingerprint density at radius 3 is 2.45 bits per heavy atom. The van der Waals surface area contributed by atoms with Gasteiger partial charge in [-0.05, 0) is 30.7 Å². The van der Waals surface area contributed by atoms with Gasteiger partial charge < -0.3 is 26.6 Å². The number of nitrogens with two attached hydrogens (primary N) is 1. The summed E-state index contributed by atoms with van der Waals surface area (Å²) in [5.74, 6) is -3.16. The van der Waals surface area contributed by atoms with Gasteiger partial charge >= 0.3 is 41.5 Å². The number of aromatic amines is 1. The minimum Gasteiger partial charge on any atom is -0.481 e. The van der Waals surface area contributed by atoms with Crippen LogP contribution >= 0.6 is 0 Å². The zero-order valence-corrected chi connectivity index (χ0v) is 19.5. The van der Waals surface area contributed by atoms with Crippen molar-refractivity contribution in [1.82, 2.24) is 25.3 Å². The van der Waals surface area contributed by atoms with Crippen LogP contribution in [-0.2, 0) is 16.1 Å². The molecular weight excluding hydrogens is 445 g/mol. The molecule has 0 saturated carbocycles. The number of rotatable bonds is 9. The first kappa shape index (κ1) is 25.7. The summed E-state index contributed by atoms with van der Waals surface area (Å²) in [5.41, 5.74) is 6.47. The Labute approximate surface area is 208 Å². The molecule has 7 N–H and O–H groups in total. The fourth-order valence-corrected chi connectivity index (χ4v) is 2.75. The summed E-state index contributed by atoms with van der Waals surface area (Å²) < 4.78 is 0. The number of carbonyl (C=O) groups excluding carboxylic acids is 1. The van der Waals surface area contributed by atoms with Gasteiger partial charge in [0.05, 0.1) is 18.4 Å². The number of aliphatic carboxylic acids is 2. The van der Waals surface area contributed by atoms with Crippen molar-refractivity contribution >= 4 is 40.6 Å². The predicted molar refractivity (Wildman–Crippen MR) is 112 cm³/mol. The van der Waals surface area contributed by atoms with Gasteiger partial charge in [0.2, 0.25) is 5.95 Å². The van der Waals surface area contributed by atoms with Crippen LogP contribution in [0, 0.1) is 0 Å². The third-order valence-corrected chi connectivity index (χ3v) is 4.36. The molecule has 0 aliphatic rings. The molecule has 0 unspecified atom stereocenters. The topological polar surface area (TPSA) is 213 Å². The number of carbonyl (C=O) groups is 3. The second-order valence-corrected chi connectivity index (χ2v) is 6.71. The van der Waals surface area contributed by atoms with Gasteiger partial charge in [-0.15, -0.1) is 0 Å². The summed E-state index contributed by atoms with van der Waals surface area (Å²) in [5, 5.41) is 23.2. The van der Waals surface area contributed by atoms with E-state index in [1.165, 1.54) is 18.3 Å². The van der Waals surface area contributed by atoms with Crippen LogP contribution in [0.5, 0.6) is 0 Å². The Hall–Kier alpha value is -3.55. The Morgan fingerprint density at radius 1 is 1.12 bits per heavy atom. The van der Waals surface area contributed by atoms with Crippen LogP contribution in [0.1, 0.15) is 28.9 Å². The van der Waals surface area contributed by atoms with E-state index in [0.717, 1.165) is 0 Å². The zero-order chi connectivity index (χ0) is 23.3. The predicted octanol–water partition coefficient (Wildman–Crippen LogP) is -3.04. The van der Waals surface area contributed by atoms with Gasteiger partial charge in [0.15, 0.2) is 11.2 Å². The van der Waals surface area contributed by atoms with Crippen molar-refractivity contribution in [2.75, 3.05) is 11.1 Å². The fourth-order valence-electron chi connectivity index (χ4n) is 2.75. The normalized spacial score (nSPS) is 11.3. The molecule has 14 heteroatoms. The Bertz CT molecular complexity index is 1230. The number of hydrogen-bond donors (Lipinski definition) is 6. The van der Waals surface area contributed by atoms with Gasteiger partial charge in [-0.25, -0.2) is 14.8 Å². The van der Waals surface area contributed by atoms with Crippen LogP contribution in [0.15, 0.2) is 35.3 Å². The maximum absolute atomic E-state index is 12.3. The molecule has 33 heavy (non-hydrogen) atoms. The Kier molecular flexibility index (Phi) is 8.85. The van der Waals surface area contributed by atoms with E-state index in [1.54, 1.807) is 12.1 Å². The SMILES string of the molecule is Nc1nc2ncc(CNc3ccc(C(=O)N[C@@H](CCC(=O)O)C(=O)O)cc3)nc2c(=O)[nH]1.[Na+]. The zero-order valence-electron chi connectivity index (χ0n) is 17.5. The van der Waals surface area contributed by atoms with Crippen molar-refractivity contribution in [3.8, 4) is 0 Å². The van der Waals surface area contributed by atoms with E-state index in [9.17, 15) is 19.2 Å². The molecule has 2 heterocycles. The third-order valence-electron chi connectivity index (χ3n) is 4.36. The number of aromatic nitrogens is 4. The van der Waals surface area contributed by atoms with Gasteiger partial charge in [-0.1, -0.05) is 0 Å². The molecule has 13 nitrogen and oxygen atoms in total. The van der Waals surface area contributed by atoms with Crippen LogP contribution in [-0.4, -0.2) is 54.0 Å². The average molecular weight is 464 g/mol. The van der Waals surface area contributed by atoms with Gasteiger partial charge in [0.25, 0.3) is 11.5 Å². The summed E-state index contributed by atoms with van der Waals surface area (Å²) >= 11 is 0. The third kappa shape index (κ3) is 6.97. The maximum atomic E-state index is 12.3. The van der Waals surface area contributed by atoms with Crippen molar-refractivity contribution < 1.29 is 54.2 Å². The van der Waals surface area contributed by atoms with E-state index >= 15 is 0 Å². The van der Waals surface area contributed by atoms with Gasteiger partial charge in [-0.2, -0.15) is 4.98 Å². The number of carboxylic acids is 2. The van der Waals surface area contributed by atoms with Crippen molar-refractivity contribution in [3.63, 3.8) is 0 Å². The van der Waals surface area contributed by atoms with Crippen LogP contribution in [0.3, 0.4) is 0 Å². The van der Waals surface area contributed by atoms with Crippen LogP contribution in [0.2, 0.25) is 0 Å². The average Bonchev–Trinajstić information content (AvgIpc) is 2.75. The molecule has 0 radical (unpaired) electrons. The van der Waals surface area contributed by atoms with Crippen molar-refractivity contribution in [3.05, 3.63) is 52.1 Å².